The van der Waals surface area contributed by atoms with Gasteiger partial charge in [-0.15, -0.1) is 0 Å². The molecule has 24 heavy (non-hydrogen) atoms. The van der Waals surface area contributed by atoms with Gasteiger partial charge in [-0.05, 0) is 62.6 Å². The maximum atomic E-state index is 12.5. The first kappa shape index (κ1) is 18.5. The Bertz CT molecular complexity index is 697. The summed E-state index contributed by atoms with van der Waals surface area (Å²) in [6, 6.07) is 13.8. The van der Waals surface area contributed by atoms with Gasteiger partial charge in [-0.2, -0.15) is 0 Å². The Hall–Kier alpha value is -1.81. The van der Waals surface area contributed by atoms with Crippen LogP contribution >= 0.6 is 15.9 Å². The Morgan fingerprint density at radius 1 is 1.17 bits per heavy atom. The van der Waals surface area contributed by atoms with Gasteiger partial charge < -0.3 is 10.1 Å². The second-order valence-corrected chi connectivity index (χ2v) is 6.96. The molecule has 2 atom stereocenters. The van der Waals surface area contributed by atoms with Gasteiger partial charge >= 0.3 is 0 Å². The minimum atomic E-state index is -0.550. The number of halogens is 1. The SMILES string of the molecule is CC[C@H](NC(=O)[C@H](C)Oc1ccc(Br)cc1)c1ccc(C)cc1C. The average Bonchev–Trinajstić information content (AvgIpc) is 2.55. The normalized spacial score (nSPS) is 13.2. The highest BCUT2D eigenvalue weighted by Gasteiger charge is 2.20. The van der Waals surface area contributed by atoms with Crippen molar-refractivity contribution in [3.05, 3.63) is 63.6 Å². The topological polar surface area (TPSA) is 38.3 Å². The first-order chi connectivity index (χ1) is 11.4. The molecule has 1 amide bonds. The van der Waals surface area contributed by atoms with Gasteiger partial charge in [0.2, 0.25) is 0 Å². The number of carbonyl (C=O) groups excluding carboxylic acids is 1. The molecule has 0 heterocycles. The largest absolute Gasteiger partial charge is 0.481 e. The molecule has 0 saturated carbocycles. The fourth-order valence-corrected chi connectivity index (χ4v) is 2.94. The number of hydrogen-bond donors (Lipinski definition) is 1. The van der Waals surface area contributed by atoms with Gasteiger partial charge in [0.15, 0.2) is 6.10 Å². The molecule has 2 aromatic carbocycles. The van der Waals surface area contributed by atoms with E-state index in [0.717, 1.165) is 16.5 Å². The molecular weight excluding hydrogens is 366 g/mol. The molecule has 3 nitrogen and oxygen atoms in total. The Morgan fingerprint density at radius 3 is 2.42 bits per heavy atom. The molecule has 128 valence electrons. The van der Waals surface area contributed by atoms with E-state index in [-0.39, 0.29) is 11.9 Å². The number of aryl methyl sites for hydroxylation is 2. The highest BCUT2D eigenvalue weighted by molar-refractivity contribution is 9.10. The number of benzene rings is 2. The predicted molar refractivity (Wildman–Crippen MR) is 101 cm³/mol. The summed E-state index contributed by atoms with van der Waals surface area (Å²) in [5.74, 6) is 0.574. The van der Waals surface area contributed by atoms with Crippen LogP contribution in [0.2, 0.25) is 0 Å². The van der Waals surface area contributed by atoms with Gasteiger partial charge in [0.05, 0.1) is 6.04 Å². The average molecular weight is 390 g/mol. The third kappa shape index (κ3) is 4.84. The van der Waals surface area contributed by atoms with Crippen LogP contribution in [0.5, 0.6) is 5.75 Å². The van der Waals surface area contributed by atoms with Gasteiger partial charge in [0.25, 0.3) is 5.91 Å². The monoisotopic (exact) mass is 389 g/mol. The fraction of sp³-hybridized carbons (Fsp3) is 0.350. The molecule has 0 fully saturated rings. The van der Waals surface area contributed by atoms with Gasteiger partial charge in [-0.25, -0.2) is 0 Å². The number of rotatable bonds is 6. The predicted octanol–water partition coefficient (Wildman–Crippen LogP) is 5.10. The molecule has 0 aliphatic carbocycles. The lowest BCUT2D eigenvalue weighted by molar-refractivity contribution is -0.128. The Morgan fingerprint density at radius 2 is 1.83 bits per heavy atom. The van der Waals surface area contributed by atoms with Crippen molar-refractivity contribution in [3.8, 4) is 5.75 Å². The molecule has 0 radical (unpaired) electrons. The first-order valence-electron chi connectivity index (χ1n) is 8.20. The molecular formula is C20H24BrNO2. The number of ether oxygens (including phenoxy) is 1. The van der Waals surface area contributed by atoms with Crippen molar-refractivity contribution in [3.63, 3.8) is 0 Å². The Kier molecular flexibility index (Phi) is 6.44. The minimum absolute atomic E-state index is 0.00549. The maximum Gasteiger partial charge on any atom is 0.261 e. The summed E-state index contributed by atoms with van der Waals surface area (Å²) in [6.07, 6.45) is 0.284. The summed E-state index contributed by atoms with van der Waals surface area (Å²) in [5, 5.41) is 3.10. The Labute approximate surface area is 152 Å². The van der Waals surface area contributed by atoms with Crippen LogP contribution in [0.25, 0.3) is 0 Å². The van der Waals surface area contributed by atoms with Crippen molar-refractivity contribution < 1.29 is 9.53 Å². The van der Waals surface area contributed by atoms with E-state index >= 15 is 0 Å². The molecule has 0 unspecified atom stereocenters. The van der Waals surface area contributed by atoms with Gasteiger partial charge in [-0.1, -0.05) is 46.6 Å². The summed E-state index contributed by atoms with van der Waals surface area (Å²) in [6.45, 7) is 8.00. The van der Waals surface area contributed by atoms with E-state index in [9.17, 15) is 4.79 Å². The van der Waals surface area contributed by atoms with Gasteiger partial charge in [0, 0.05) is 4.47 Å². The molecule has 0 saturated heterocycles. The van der Waals surface area contributed by atoms with Crippen LogP contribution in [0.4, 0.5) is 0 Å². The third-order valence-corrected chi connectivity index (χ3v) is 4.55. The Balaban J connectivity index is 2.04. The highest BCUT2D eigenvalue weighted by atomic mass is 79.9. The van der Waals surface area contributed by atoms with Crippen LogP contribution in [-0.4, -0.2) is 12.0 Å². The zero-order chi connectivity index (χ0) is 17.7. The van der Waals surface area contributed by atoms with E-state index < -0.39 is 6.10 Å². The summed E-state index contributed by atoms with van der Waals surface area (Å²) >= 11 is 3.39. The van der Waals surface area contributed by atoms with Crippen molar-refractivity contribution in [1.82, 2.24) is 5.32 Å². The third-order valence-electron chi connectivity index (χ3n) is 4.02. The van der Waals surface area contributed by atoms with Crippen molar-refractivity contribution in [2.45, 2.75) is 46.3 Å². The summed E-state index contributed by atoms with van der Waals surface area (Å²) in [5.41, 5.74) is 3.58. The van der Waals surface area contributed by atoms with E-state index in [4.69, 9.17) is 4.74 Å². The first-order valence-corrected chi connectivity index (χ1v) is 8.99. The number of carbonyl (C=O) groups is 1. The quantitative estimate of drug-likeness (QED) is 0.745. The van der Waals surface area contributed by atoms with Crippen LogP contribution in [0.1, 0.15) is 43.0 Å². The van der Waals surface area contributed by atoms with Crippen molar-refractivity contribution in [2.24, 2.45) is 0 Å². The summed E-state index contributed by atoms with van der Waals surface area (Å²) < 4.78 is 6.71. The molecule has 0 spiro atoms. The van der Waals surface area contributed by atoms with Crippen LogP contribution in [0.15, 0.2) is 46.9 Å². The number of amides is 1. The van der Waals surface area contributed by atoms with Crippen LogP contribution in [0.3, 0.4) is 0 Å². The summed E-state index contributed by atoms with van der Waals surface area (Å²) in [7, 11) is 0. The second-order valence-electron chi connectivity index (χ2n) is 6.04. The zero-order valence-electron chi connectivity index (χ0n) is 14.6. The molecule has 0 aromatic heterocycles. The lowest BCUT2D eigenvalue weighted by atomic mass is 9.97. The maximum absolute atomic E-state index is 12.5. The molecule has 2 rings (SSSR count). The van der Waals surface area contributed by atoms with E-state index in [2.05, 4.69) is 60.2 Å². The van der Waals surface area contributed by atoms with Crippen molar-refractivity contribution in [1.29, 1.82) is 0 Å². The summed E-state index contributed by atoms with van der Waals surface area (Å²) in [4.78, 5) is 12.5. The molecule has 1 N–H and O–H groups in total. The smallest absolute Gasteiger partial charge is 0.261 e. The van der Waals surface area contributed by atoms with Gasteiger partial charge in [-0.3, -0.25) is 4.79 Å². The zero-order valence-corrected chi connectivity index (χ0v) is 16.2. The van der Waals surface area contributed by atoms with Crippen LogP contribution < -0.4 is 10.1 Å². The number of hydrogen-bond acceptors (Lipinski definition) is 2. The molecule has 0 bridgehead atoms. The van der Waals surface area contributed by atoms with E-state index in [1.807, 2.05) is 24.3 Å². The molecule has 0 aliphatic heterocycles. The lowest BCUT2D eigenvalue weighted by Crippen LogP contribution is -2.38. The van der Waals surface area contributed by atoms with Crippen molar-refractivity contribution in [2.75, 3.05) is 0 Å². The molecule has 0 aliphatic rings. The van der Waals surface area contributed by atoms with E-state index in [1.54, 1.807) is 6.92 Å². The van der Waals surface area contributed by atoms with E-state index in [0.29, 0.717) is 5.75 Å². The molecule has 2 aromatic rings. The van der Waals surface area contributed by atoms with Crippen molar-refractivity contribution >= 4 is 21.8 Å². The van der Waals surface area contributed by atoms with Crippen LogP contribution in [-0.2, 0) is 4.79 Å². The van der Waals surface area contributed by atoms with E-state index in [1.165, 1.54) is 11.1 Å². The number of nitrogens with one attached hydrogen (secondary N) is 1. The standard InChI is InChI=1S/C20H24BrNO2/c1-5-19(18-11-6-13(2)12-14(18)3)22-20(23)15(4)24-17-9-7-16(21)8-10-17/h6-12,15,19H,5H2,1-4H3,(H,22,23)/t15-,19-/m0/s1. The molecule has 4 heteroatoms. The highest BCUT2D eigenvalue weighted by Crippen LogP contribution is 2.22. The second kappa shape index (κ2) is 8.34. The van der Waals surface area contributed by atoms with Gasteiger partial charge in [0.1, 0.15) is 5.75 Å². The lowest BCUT2D eigenvalue weighted by Gasteiger charge is -2.22. The van der Waals surface area contributed by atoms with Crippen LogP contribution in [0, 0.1) is 13.8 Å². The minimum Gasteiger partial charge on any atom is -0.481 e. The fourth-order valence-electron chi connectivity index (χ4n) is 2.68.